The van der Waals surface area contributed by atoms with Gasteiger partial charge in [-0.2, -0.15) is 0 Å². The number of nitrogens with one attached hydrogen (secondary N) is 1. The molecule has 2 aromatic carbocycles. The molecular formula is C13H11FN2O2. The maximum absolute atomic E-state index is 13.0. The molecule has 0 aliphatic rings. The average Bonchev–Trinajstić information content (AvgIpc) is 2.31. The lowest BCUT2D eigenvalue weighted by atomic mass is 10.1. The number of nitrogen functional groups attached to an aromatic ring is 1. The van der Waals surface area contributed by atoms with Gasteiger partial charge in [-0.1, -0.05) is 12.1 Å². The Hall–Kier alpha value is -2.56. The van der Waals surface area contributed by atoms with E-state index in [0.717, 1.165) is 0 Å². The molecule has 0 aliphatic heterocycles. The number of halogens is 1. The van der Waals surface area contributed by atoms with Crippen molar-refractivity contribution in [3.63, 3.8) is 0 Å². The first-order chi connectivity index (χ1) is 8.58. The Labute approximate surface area is 103 Å². The van der Waals surface area contributed by atoms with Crippen molar-refractivity contribution in [3.05, 3.63) is 53.8 Å². The summed E-state index contributed by atoms with van der Waals surface area (Å²) in [6.45, 7) is 0. The molecule has 0 radical (unpaired) electrons. The van der Waals surface area contributed by atoms with Gasteiger partial charge in [0.2, 0.25) is 0 Å². The quantitative estimate of drug-likeness (QED) is 0.728. The van der Waals surface area contributed by atoms with E-state index in [-0.39, 0.29) is 17.1 Å². The molecule has 2 rings (SSSR count). The molecule has 0 atom stereocenters. The minimum absolute atomic E-state index is 0.0106. The van der Waals surface area contributed by atoms with Crippen molar-refractivity contribution in [2.24, 2.45) is 0 Å². The van der Waals surface area contributed by atoms with Crippen LogP contribution in [0.5, 0.6) is 0 Å². The van der Waals surface area contributed by atoms with Crippen LogP contribution in [0.15, 0.2) is 42.5 Å². The van der Waals surface area contributed by atoms with Gasteiger partial charge in [-0.05, 0) is 30.3 Å². The number of hydrogen-bond acceptors (Lipinski definition) is 3. The molecule has 2 aromatic rings. The zero-order valence-corrected chi connectivity index (χ0v) is 9.35. The molecule has 0 bridgehead atoms. The third-order valence-electron chi connectivity index (χ3n) is 2.44. The summed E-state index contributed by atoms with van der Waals surface area (Å²) >= 11 is 0. The highest BCUT2D eigenvalue weighted by molar-refractivity contribution is 5.97. The van der Waals surface area contributed by atoms with E-state index in [2.05, 4.69) is 5.32 Å². The smallest absolute Gasteiger partial charge is 0.337 e. The molecule has 0 unspecified atom stereocenters. The van der Waals surface area contributed by atoms with Gasteiger partial charge in [0.25, 0.3) is 0 Å². The van der Waals surface area contributed by atoms with Crippen molar-refractivity contribution in [3.8, 4) is 0 Å². The summed E-state index contributed by atoms with van der Waals surface area (Å²) in [7, 11) is 0. The number of nitrogens with two attached hydrogens (primary N) is 1. The highest BCUT2D eigenvalue weighted by Gasteiger charge is 2.10. The highest BCUT2D eigenvalue weighted by Crippen LogP contribution is 2.26. The van der Waals surface area contributed by atoms with Gasteiger partial charge in [-0.15, -0.1) is 0 Å². The van der Waals surface area contributed by atoms with Gasteiger partial charge in [-0.25, -0.2) is 9.18 Å². The molecule has 92 valence electrons. The van der Waals surface area contributed by atoms with Crippen molar-refractivity contribution in [2.45, 2.75) is 0 Å². The lowest BCUT2D eigenvalue weighted by molar-refractivity contribution is 0.0698. The number of carboxylic acid groups (broad SMARTS) is 1. The molecule has 4 N–H and O–H groups in total. The van der Waals surface area contributed by atoms with Gasteiger partial charge < -0.3 is 16.2 Å². The Kier molecular flexibility index (Phi) is 3.14. The van der Waals surface area contributed by atoms with Gasteiger partial charge in [0.05, 0.1) is 16.9 Å². The van der Waals surface area contributed by atoms with Crippen LogP contribution in [0.3, 0.4) is 0 Å². The number of para-hydroxylation sites is 1. The topological polar surface area (TPSA) is 75.3 Å². The predicted molar refractivity (Wildman–Crippen MR) is 67.5 cm³/mol. The molecule has 0 aliphatic carbocycles. The number of rotatable bonds is 3. The van der Waals surface area contributed by atoms with Crippen LogP contribution in [-0.2, 0) is 0 Å². The monoisotopic (exact) mass is 246 g/mol. The van der Waals surface area contributed by atoms with Crippen LogP contribution >= 0.6 is 0 Å². The van der Waals surface area contributed by atoms with E-state index in [1.165, 1.54) is 18.2 Å². The molecule has 0 heterocycles. The van der Waals surface area contributed by atoms with Gasteiger partial charge in [0.15, 0.2) is 0 Å². The van der Waals surface area contributed by atoms with E-state index in [1.54, 1.807) is 24.3 Å². The third-order valence-corrected chi connectivity index (χ3v) is 2.44. The molecule has 0 spiro atoms. The number of carbonyl (C=O) groups is 1. The van der Waals surface area contributed by atoms with Crippen molar-refractivity contribution >= 4 is 23.0 Å². The molecule has 5 heteroatoms. The van der Waals surface area contributed by atoms with Crippen LogP contribution in [0.25, 0.3) is 0 Å². The van der Waals surface area contributed by atoms with E-state index in [0.29, 0.717) is 11.4 Å². The van der Waals surface area contributed by atoms with E-state index < -0.39 is 5.97 Å². The lowest BCUT2D eigenvalue weighted by Crippen LogP contribution is -2.05. The number of anilines is 3. The second kappa shape index (κ2) is 4.75. The molecule has 0 saturated heterocycles. The van der Waals surface area contributed by atoms with Gasteiger partial charge >= 0.3 is 5.97 Å². The summed E-state index contributed by atoms with van der Waals surface area (Å²) in [4.78, 5) is 10.9. The van der Waals surface area contributed by atoms with Crippen LogP contribution in [0.1, 0.15) is 10.4 Å². The van der Waals surface area contributed by atoms with Crippen LogP contribution in [0, 0.1) is 5.82 Å². The largest absolute Gasteiger partial charge is 0.478 e. The molecule has 4 nitrogen and oxygen atoms in total. The van der Waals surface area contributed by atoms with Crippen LogP contribution in [0.4, 0.5) is 21.5 Å². The Morgan fingerprint density at radius 2 is 1.94 bits per heavy atom. The predicted octanol–water partition coefficient (Wildman–Crippen LogP) is 2.85. The standard InChI is InChI=1S/C13H11FN2O2/c14-8-3-1-4-9(7-8)16-11-6-2-5-10(12(11)15)13(17)18/h1-7,16H,15H2,(H,17,18). The maximum atomic E-state index is 13.0. The minimum Gasteiger partial charge on any atom is -0.478 e. The van der Waals surface area contributed by atoms with Crippen LogP contribution in [0.2, 0.25) is 0 Å². The first-order valence-electron chi connectivity index (χ1n) is 5.22. The van der Waals surface area contributed by atoms with Crippen molar-refractivity contribution in [2.75, 3.05) is 11.1 Å². The molecule has 18 heavy (non-hydrogen) atoms. The molecule has 0 amide bonds. The first-order valence-corrected chi connectivity index (χ1v) is 5.22. The van der Waals surface area contributed by atoms with Gasteiger partial charge in [0, 0.05) is 5.69 Å². The van der Waals surface area contributed by atoms with Crippen LogP contribution in [-0.4, -0.2) is 11.1 Å². The fourth-order valence-electron chi connectivity index (χ4n) is 1.58. The lowest BCUT2D eigenvalue weighted by Gasteiger charge is -2.11. The van der Waals surface area contributed by atoms with Crippen molar-refractivity contribution < 1.29 is 14.3 Å². The number of carboxylic acids is 1. The Bertz CT molecular complexity index is 599. The van der Waals surface area contributed by atoms with Crippen molar-refractivity contribution in [1.29, 1.82) is 0 Å². The molecular weight excluding hydrogens is 235 g/mol. The zero-order valence-electron chi connectivity index (χ0n) is 9.35. The fourth-order valence-corrected chi connectivity index (χ4v) is 1.58. The highest BCUT2D eigenvalue weighted by atomic mass is 19.1. The SMILES string of the molecule is Nc1c(Nc2cccc(F)c2)cccc1C(=O)O. The Morgan fingerprint density at radius 3 is 2.61 bits per heavy atom. The zero-order chi connectivity index (χ0) is 13.1. The van der Waals surface area contributed by atoms with Crippen molar-refractivity contribution in [1.82, 2.24) is 0 Å². The van der Waals surface area contributed by atoms with Gasteiger partial charge in [0.1, 0.15) is 5.82 Å². The van der Waals surface area contributed by atoms with Gasteiger partial charge in [-0.3, -0.25) is 0 Å². The third kappa shape index (κ3) is 2.40. The second-order valence-electron chi connectivity index (χ2n) is 3.71. The number of aromatic carboxylic acids is 1. The summed E-state index contributed by atoms with van der Waals surface area (Å²) in [6.07, 6.45) is 0. The normalized spacial score (nSPS) is 10.1. The number of benzene rings is 2. The molecule has 0 fully saturated rings. The summed E-state index contributed by atoms with van der Waals surface area (Å²) in [5.74, 6) is -1.48. The number of hydrogen-bond donors (Lipinski definition) is 3. The minimum atomic E-state index is -1.10. The summed E-state index contributed by atoms with van der Waals surface area (Å²) in [6, 6.07) is 10.4. The van der Waals surface area contributed by atoms with E-state index in [1.807, 2.05) is 0 Å². The molecule has 0 saturated carbocycles. The summed E-state index contributed by atoms with van der Waals surface area (Å²) in [5.41, 5.74) is 6.80. The average molecular weight is 246 g/mol. The van der Waals surface area contributed by atoms with Crippen LogP contribution < -0.4 is 11.1 Å². The summed E-state index contributed by atoms with van der Waals surface area (Å²) < 4.78 is 13.0. The molecule has 0 aromatic heterocycles. The van der Waals surface area contributed by atoms with E-state index >= 15 is 0 Å². The fraction of sp³-hybridized carbons (Fsp3) is 0. The Balaban J connectivity index is 2.35. The first kappa shape index (κ1) is 11.9. The summed E-state index contributed by atoms with van der Waals surface area (Å²) in [5, 5.41) is 11.8. The second-order valence-corrected chi connectivity index (χ2v) is 3.71. The maximum Gasteiger partial charge on any atom is 0.337 e. The van der Waals surface area contributed by atoms with E-state index in [4.69, 9.17) is 10.8 Å². The Morgan fingerprint density at radius 1 is 1.22 bits per heavy atom. The van der Waals surface area contributed by atoms with E-state index in [9.17, 15) is 9.18 Å².